The van der Waals surface area contributed by atoms with E-state index in [9.17, 15) is 9.35 Å². The van der Waals surface area contributed by atoms with Crippen LogP contribution in [0.4, 0.5) is 5.69 Å². The molecule has 2 atom stereocenters. The number of pyridine rings is 1. The van der Waals surface area contributed by atoms with Gasteiger partial charge in [0, 0.05) is 36.5 Å². The molecule has 0 amide bonds. The standard InChI is InChI=1S/C19H24N2O4S/c1-13-9-14(11-21(2)19(13)22)17-10-15(20-26(3)23)6-7-18(17)25-16-5-4-8-24-12-16/h6-7,9-11,16,20H,4-5,8,12H2,1-3H3. The summed E-state index contributed by atoms with van der Waals surface area (Å²) in [5.74, 6) is 0.728. The van der Waals surface area contributed by atoms with Gasteiger partial charge in [-0.3, -0.25) is 4.79 Å². The van der Waals surface area contributed by atoms with Gasteiger partial charge in [-0.05, 0) is 44.0 Å². The Labute approximate surface area is 156 Å². The van der Waals surface area contributed by atoms with Gasteiger partial charge in [0.15, 0.2) is 0 Å². The Kier molecular flexibility index (Phi) is 5.90. The lowest BCUT2D eigenvalue weighted by atomic mass is 10.0. The Morgan fingerprint density at radius 1 is 1.38 bits per heavy atom. The van der Waals surface area contributed by atoms with Crippen molar-refractivity contribution in [2.75, 3.05) is 24.2 Å². The van der Waals surface area contributed by atoms with Crippen molar-refractivity contribution in [2.45, 2.75) is 25.9 Å². The molecule has 1 fully saturated rings. The normalized spacial score (nSPS) is 18.4. The molecular formula is C19H24N2O4S. The second kappa shape index (κ2) is 8.16. The van der Waals surface area contributed by atoms with Crippen LogP contribution in [-0.4, -0.2) is 34.7 Å². The number of ether oxygens (including phenoxy) is 2. The maximum absolute atomic E-state index is 12.0. The lowest BCUT2D eigenvalue weighted by Crippen LogP contribution is -2.28. The van der Waals surface area contributed by atoms with Gasteiger partial charge in [0.1, 0.15) is 18.1 Å². The van der Waals surface area contributed by atoms with Crippen molar-refractivity contribution in [3.05, 3.63) is 46.4 Å². The van der Waals surface area contributed by atoms with E-state index in [1.807, 2.05) is 24.3 Å². The first kappa shape index (κ1) is 18.8. The minimum Gasteiger partial charge on any atom is -0.593 e. The first-order valence-corrected chi connectivity index (χ1v) is 10.2. The van der Waals surface area contributed by atoms with Crippen LogP contribution in [0.15, 0.2) is 35.3 Å². The second-order valence-electron chi connectivity index (χ2n) is 6.55. The third kappa shape index (κ3) is 4.41. The van der Waals surface area contributed by atoms with Crippen molar-refractivity contribution in [3.8, 4) is 16.9 Å². The molecule has 0 bridgehead atoms. The van der Waals surface area contributed by atoms with Gasteiger partial charge in [-0.2, -0.15) is 0 Å². The molecule has 0 aliphatic carbocycles. The molecule has 1 aliphatic rings. The number of nitrogens with one attached hydrogen (secondary N) is 1. The average molecular weight is 376 g/mol. The van der Waals surface area contributed by atoms with Gasteiger partial charge in [-0.25, -0.2) is 4.72 Å². The smallest absolute Gasteiger partial charge is 0.253 e. The molecule has 1 aliphatic heterocycles. The molecule has 0 radical (unpaired) electrons. The van der Waals surface area contributed by atoms with Crippen molar-refractivity contribution >= 4 is 17.0 Å². The lowest BCUT2D eigenvalue weighted by Gasteiger charge is -2.25. The first-order chi connectivity index (χ1) is 12.4. The lowest BCUT2D eigenvalue weighted by molar-refractivity contribution is 0.00768. The van der Waals surface area contributed by atoms with Crippen molar-refractivity contribution in [2.24, 2.45) is 7.05 Å². The summed E-state index contributed by atoms with van der Waals surface area (Å²) < 4.78 is 27.7. The van der Waals surface area contributed by atoms with Crippen LogP contribution in [0, 0.1) is 6.92 Å². The third-order valence-electron chi connectivity index (χ3n) is 4.33. The molecule has 1 N–H and O–H groups in total. The monoisotopic (exact) mass is 376 g/mol. The van der Waals surface area contributed by atoms with Gasteiger partial charge >= 0.3 is 0 Å². The molecule has 2 aromatic rings. The summed E-state index contributed by atoms with van der Waals surface area (Å²) >= 11 is -1.17. The minimum atomic E-state index is -1.17. The Balaban J connectivity index is 2.02. The highest BCUT2D eigenvalue weighted by molar-refractivity contribution is 7.92. The molecule has 0 spiro atoms. The fourth-order valence-corrected chi connectivity index (χ4v) is 3.56. The van der Waals surface area contributed by atoms with E-state index in [1.54, 1.807) is 31.0 Å². The van der Waals surface area contributed by atoms with Crippen LogP contribution in [0.25, 0.3) is 11.1 Å². The van der Waals surface area contributed by atoms with Crippen molar-refractivity contribution in [1.82, 2.24) is 4.57 Å². The summed E-state index contributed by atoms with van der Waals surface area (Å²) in [6.45, 7) is 3.15. The quantitative estimate of drug-likeness (QED) is 0.812. The fourth-order valence-electron chi connectivity index (χ4n) is 3.10. The zero-order chi connectivity index (χ0) is 18.7. The van der Waals surface area contributed by atoms with E-state index < -0.39 is 11.4 Å². The van der Waals surface area contributed by atoms with Crippen molar-refractivity contribution in [1.29, 1.82) is 0 Å². The summed E-state index contributed by atoms with van der Waals surface area (Å²) in [6, 6.07) is 7.48. The Morgan fingerprint density at radius 3 is 2.85 bits per heavy atom. The SMILES string of the molecule is Cc1cc(-c2cc(N[S+](C)[O-])ccc2OC2CCCOC2)cn(C)c1=O. The van der Waals surface area contributed by atoms with Crippen molar-refractivity contribution < 1.29 is 14.0 Å². The number of anilines is 1. The molecule has 6 nitrogen and oxygen atoms in total. The zero-order valence-electron chi connectivity index (χ0n) is 15.3. The highest BCUT2D eigenvalue weighted by Crippen LogP contribution is 2.34. The van der Waals surface area contributed by atoms with Gasteiger partial charge in [-0.1, -0.05) is 0 Å². The van der Waals surface area contributed by atoms with Gasteiger partial charge in [-0.15, -0.1) is 0 Å². The molecule has 2 unspecified atom stereocenters. The molecule has 26 heavy (non-hydrogen) atoms. The highest BCUT2D eigenvalue weighted by atomic mass is 32.2. The number of rotatable bonds is 5. The maximum Gasteiger partial charge on any atom is 0.253 e. The summed E-state index contributed by atoms with van der Waals surface area (Å²) in [5.41, 5.74) is 3.10. The predicted molar refractivity (Wildman–Crippen MR) is 104 cm³/mol. The van der Waals surface area contributed by atoms with E-state index in [1.165, 1.54) is 0 Å². The van der Waals surface area contributed by atoms with Gasteiger partial charge < -0.3 is 18.6 Å². The molecule has 1 aromatic carbocycles. The topological polar surface area (TPSA) is 75.5 Å². The summed E-state index contributed by atoms with van der Waals surface area (Å²) in [5, 5.41) is 0. The number of aromatic nitrogens is 1. The molecule has 1 saturated heterocycles. The van der Waals surface area contributed by atoms with Gasteiger partial charge in [0.2, 0.25) is 0 Å². The van der Waals surface area contributed by atoms with Crippen LogP contribution in [0.2, 0.25) is 0 Å². The number of hydrogen-bond acceptors (Lipinski definition) is 5. The van der Waals surface area contributed by atoms with E-state index in [0.29, 0.717) is 12.2 Å². The fraction of sp³-hybridized carbons (Fsp3) is 0.421. The number of hydrogen-bond donors (Lipinski definition) is 1. The summed E-state index contributed by atoms with van der Waals surface area (Å²) in [6.07, 6.45) is 5.31. The second-order valence-corrected chi connectivity index (χ2v) is 7.66. The molecule has 1 aromatic heterocycles. The summed E-state index contributed by atoms with van der Waals surface area (Å²) in [7, 11) is 1.73. The van der Waals surface area contributed by atoms with E-state index in [-0.39, 0.29) is 11.7 Å². The Morgan fingerprint density at radius 2 is 2.19 bits per heavy atom. The van der Waals surface area contributed by atoms with Gasteiger partial charge in [0.05, 0.1) is 23.7 Å². The van der Waals surface area contributed by atoms with Crippen LogP contribution in [-0.2, 0) is 23.1 Å². The van der Waals surface area contributed by atoms with Crippen molar-refractivity contribution in [3.63, 3.8) is 0 Å². The molecule has 7 heteroatoms. The molecule has 0 saturated carbocycles. The third-order valence-corrected chi connectivity index (χ3v) is 4.85. The minimum absolute atomic E-state index is 0.00949. The molecule has 3 rings (SSSR count). The van der Waals surface area contributed by atoms with E-state index in [4.69, 9.17) is 9.47 Å². The predicted octanol–water partition coefficient (Wildman–Crippen LogP) is 2.62. The molecule has 140 valence electrons. The maximum atomic E-state index is 12.0. The largest absolute Gasteiger partial charge is 0.593 e. The van der Waals surface area contributed by atoms with Crippen LogP contribution < -0.4 is 15.0 Å². The molecule has 2 heterocycles. The van der Waals surface area contributed by atoms with E-state index in [2.05, 4.69) is 4.72 Å². The number of aryl methyl sites for hydroxylation is 2. The van der Waals surface area contributed by atoms with Crippen LogP contribution in [0.5, 0.6) is 5.75 Å². The van der Waals surface area contributed by atoms with Crippen LogP contribution >= 0.6 is 0 Å². The zero-order valence-corrected chi connectivity index (χ0v) is 16.1. The van der Waals surface area contributed by atoms with Crippen LogP contribution in [0.1, 0.15) is 18.4 Å². The highest BCUT2D eigenvalue weighted by Gasteiger charge is 2.19. The number of benzene rings is 1. The van der Waals surface area contributed by atoms with E-state index >= 15 is 0 Å². The average Bonchev–Trinajstić information content (AvgIpc) is 2.61. The molecular weight excluding hydrogens is 352 g/mol. The van der Waals surface area contributed by atoms with Gasteiger partial charge in [0.25, 0.3) is 5.56 Å². The van der Waals surface area contributed by atoms with E-state index in [0.717, 1.165) is 42.0 Å². The first-order valence-electron chi connectivity index (χ1n) is 8.60. The van der Waals surface area contributed by atoms with Crippen LogP contribution in [0.3, 0.4) is 0 Å². The number of nitrogens with zero attached hydrogens (tertiary/aromatic N) is 1. The summed E-state index contributed by atoms with van der Waals surface area (Å²) in [4.78, 5) is 12.0. The Bertz CT molecular complexity index is 803. The Hall–Kier alpha value is -1.96.